The van der Waals surface area contributed by atoms with Gasteiger partial charge < -0.3 is 9.15 Å². The Labute approximate surface area is 154 Å². The van der Waals surface area contributed by atoms with Crippen LogP contribution in [0, 0.1) is 6.92 Å². The van der Waals surface area contributed by atoms with Crippen molar-refractivity contribution in [2.45, 2.75) is 6.92 Å². The van der Waals surface area contributed by atoms with Gasteiger partial charge in [-0.25, -0.2) is 0 Å². The molecular weight excluding hydrogens is 342 g/mol. The van der Waals surface area contributed by atoms with E-state index >= 15 is 0 Å². The van der Waals surface area contributed by atoms with Crippen LogP contribution >= 0.6 is 0 Å². The van der Waals surface area contributed by atoms with Crippen LogP contribution in [0.3, 0.4) is 0 Å². The number of ketones is 1. The fraction of sp³-hybridized carbons (Fsp3) is 0.0455. The average Bonchev–Trinajstić information content (AvgIpc) is 2.69. The molecule has 0 aliphatic rings. The van der Waals surface area contributed by atoms with E-state index in [0.717, 1.165) is 5.69 Å². The van der Waals surface area contributed by atoms with Gasteiger partial charge in [-0.05, 0) is 43.3 Å². The Morgan fingerprint density at radius 2 is 1.81 bits per heavy atom. The standard InChI is InChI=1S/C22H15NO4/c1-14-7-8-15(12-23-14)21(24)19-13-26-20-11-17(9-10-18(20)22(19)25)27-16-5-3-2-4-6-16/h2-13H,1H3. The monoisotopic (exact) mass is 357 g/mol. The van der Waals surface area contributed by atoms with Crippen molar-refractivity contribution in [1.29, 1.82) is 0 Å². The summed E-state index contributed by atoms with van der Waals surface area (Å²) in [4.78, 5) is 29.4. The third-order valence-corrected chi connectivity index (χ3v) is 4.14. The highest BCUT2D eigenvalue weighted by Gasteiger charge is 2.17. The lowest BCUT2D eigenvalue weighted by Crippen LogP contribution is -2.15. The van der Waals surface area contributed by atoms with E-state index in [1.54, 1.807) is 30.3 Å². The van der Waals surface area contributed by atoms with Gasteiger partial charge >= 0.3 is 0 Å². The number of ether oxygens (including phenoxy) is 1. The van der Waals surface area contributed by atoms with Gasteiger partial charge in [-0.3, -0.25) is 14.6 Å². The predicted octanol–water partition coefficient (Wildman–Crippen LogP) is 4.52. The molecule has 0 spiro atoms. The van der Waals surface area contributed by atoms with E-state index in [0.29, 0.717) is 28.0 Å². The number of hydrogen-bond donors (Lipinski definition) is 0. The van der Waals surface area contributed by atoms with E-state index in [4.69, 9.17) is 9.15 Å². The first-order valence-electron chi connectivity index (χ1n) is 8.37. The number of carbonyl (C=O) groups excluding carboxylic acids is 1. The molecular formula is C22H15NO4. The van der Waals surface area contributed by atoms with E-state index in [2.05, 4.69) is 4.98 Å². The molecule has 0 amide bonds. The molecule has 4 aromatic rings. The molecule has 0 atom stereocenters. The zero-order chi connectivity index (χ0) is 18.8. The Morgan fingerprint density at radius 1 is 1.00 bits per heavy atom. The quantitative estimate of drug-likeness (QED) is 0.502. The van der Waals surface area contributed by atoms with Crippen LogP contribution in [0.4, 0.5) is 0 Å². The van der Waals surface area contributed by atoms with E-state index < -0.39 is 5.78 Å². The maximum Gasteiger partial charge on any atom is 0.203 e. The first-order valence-corrected chi connectivity index (χ1v) is 8.37. The van der Waals surface area contributed by atoms with E-state index in [1.807, 2.05) is 37.3 Å². The van der Waals surface area contributed by atoms with Gasteiger partial charge in [0.1, 0.15) is 28.9 Å². The van der Waals surface area contributed by atoms with Crippen LogP contribution in [0.5, 0.6) is 11.5 Å². The lowest BCUT2D eigenvalue weighted by atomic mass is 10.0. The highest BCUT2D eigenvalue weighted by atomic mass is 16.5. The van der Waals surface area contributed by atoms with E-state index in [9.17, 15) is 9.59 Å². The van der Waals surface area contributed by atoms with Gasteiger partial charge in [-0.1, -0.05) is 18.2 Å². The maximum atomic E-state index is 12.7. The maximum absolute atomic E-state index is 12.7. The summed E-state index contributed by atoms with van der Waals surface area (Å²) in [6.07, 6.45) is 2.65. The lowest BCUT2D eigenvalue weighted by molar-refractivity contribution is 0.103. The molecule has 0 saturated heterocycles. The van der Waals surface area contributed by atoms with Gasteiger partial charge in [0.05, 0.1) is 5.39 Å². The molecule has 0 bridgehead atoms. The van der Waals surface area contributed by atoms with Crippen molar-refractivity contribution in [2.75, 3.05) is 0 Å². The minimum Gasteiger partial charge on any atom is -0.463 e. The first-order chi connectivity index (χ1) is 13.1. The lowest BCUT2D eigenvalue weighted by Gasteiger charge is -2.07. The molecule has 0 unspecified atom stereocenters. The number of carbonyl (C=O) groups is 1. The molecule has 0 aliphatic carbocycles. The molecule has 0 saturated carbocycles. The second-order valence-electron chi connectivity index (χ2n) is 6.07. The highest BCUT2D eigenvalue weighted by Crippen LogP contribution is 2.25. The molecule has 2 aromatic heterocycles. The topological polar surface area (TPSA) is 69.4 Å². The first kappa shape index (κ1) is 16.7. The predicted molar refractivity (Wildman–Crippen MR) is 101 cm³/mol. The summed E-state index contributed by atoms with van der Waals surface area (Å²) < 4.78 is 11.3. The van der Waals surface area contributed by atoms with Crippen molar-refractivity contribution in [1.82, 2.24) is 4.98 Å². The van der Waals surface area contributed by atoms with Crippen LogP contribution < -0.4 is 10.2 Å². The molecule has 0 N–H and O–H groups in total. The molecule has 2 heterocycles. The molecule has 0 fully saturated rings. The highest BCUT2D eigenvalue weighted by molar-refractivity contribution is 6.09. The van der Waals surface area contributed by atoms with Crippen LogP contribution in [-0.2, 0) is 0 Å². The number of fused-ring (bicyclic) bond motifs is 1. The summed E-state index contributed by atoms with van der Waals surface area (Å²) in [5.41, 5.74) is 1.09. The summed E-state index contributed by atoms with van der Waals surface area (Å²) in [6, 6.07) is 17.6. The average molecular weight is 357 g/mol. The van der Waals surface area contributed by atoms with Gasteiger partial charge in [0, 0.05) is 23.5 Å². The largest absolute Gasteiger partial charge is 0.463 e. The SMILES string of the molecule is Cc1ccc(C(=O)c2coc3cc(Oc4ccccc4)ccc3c2=O)cn1. The smallest absolute Gasteiger partial charge is 0.203 e. The van der Waals surface area contributed by atoms with Crippen molar-refractivity contribution in [3.05, 3.63) is 100 Å². The number of pyridine rings is 1. The van der Waals surface area contributed by atoms with Gasteiger partial charge in [-0.2, -0.15) is 0 Å². The Bertz CT molecular complexity index is 1180. The number of hydrogen-bond acceptors (Lipinski definition) is 5. The van der Waals surface area contributed by atoms with Crippen molar-refractivity contribution in [3.63, 3.8) is 0 Å². The van der Waals surface area contributed by atoms with E-state index in [1.165, 1.54) is 12.5 Å². The summed E-state index contributed by atoms with van der Waals surface area (Å²) in [5, 5.41) is 0.321. The van der Waals surface area contributed by atoms with Crippen LogP contribution in [-0.4, -0.2) is 10.8 Å². The molecule has 4 rings (SSSR count). The van der Waals surface area contributed by atoms with Crippen LogP contribution in [0.25, 0.3) is 11.0 Å². The normalized spacial score (nSPS) is 10.7. The number of aryl methyl sites for hydroxylation is 1. The Morgan fingerprint density at radius 3 is 2.56 bits per heavy atom. The number of rotatable bonds is 4. The molecule has 0 radical (unpaired) electrons. The number of para-hydroxylation sites is 1. The number of benzene rings is 2. The van der Waals surface area contributed by atoms with Crippen molar-refractivity contribution < 1.29 is 13.9 Å². The fourth-order valence-electron chi connectivity index (χ4n) is 2.71. The Kier molecular flexibility index (Phi) is 4.26. The summed E-state index contributed by atoms with van der Waals surface area (Å²) in [5.74, 6) is 0.805. The molecule has 0 aliphatic heterocycles. The van der Waals surface area contributed by atoms with Crippen molar-refractivity contribution >= 4 is 16.8 Å². The molecule has 27 heavy (non-hydrogen) atoms. The van der Waals surface area contributed by atoms with Crippen LogP contribution in [0.1, 0.15) is 21.6 Å². The van der Waals surface area contributed by atoms with Crippen LogP contribution in [0.2, 0.25) is 0 Å². The van der Waals surface area contributed by atoms with Gasteiger partial charge in [0.15, 0.2) is 0 Å². The van der Waals surface area contributed by atoms with Crippen molar-refractivity contribution in [2.24, 2.45) is 0 Å². The van der Waals surface area contributed by atoms with Crippen molar-refractivity contribution in [3.8, 4) is 11.5 Å². The molecule has 5 nitrogen and oxygen atoms in total. The molecule has 5 heteroatoms. The molecule has 132 valence electrons. The van der Waals surface area contributed by atoms with Gasteiger partial charge in [-0.15, -0.1) is 0 Å². The Hall–Kier alpha value is -3.73. The second-order valence-corrected chi connectivity index (χ2v) is 6.07. The summed E-state index contributed by atoms with van der Waals surface area (Å²) >= 11 is 0. The third kappa shape index (κ3) is 3.35. The minimum absolute atomic E-state index is 0.0233. The molecule has 2 aromatic carbocycles. The summed E-state index contributed by atoms with van der Waals surface area (Å²) in [6.45, 7) is 1.83. The second kappa shape index (κ2) is 6.88. The minimum atomic E-state index is -0.414. The van der Waals surface area contributed by atoms with Gasteiger partial charge in [0.25, 0.3) is 0 Å². The fourth-order valence-corrected chi connectivity index (χ4v) is 2.71. The van der Waals surface area contributed by atoms with Gasteiger partial charge in [0.2, 0.25) is 11.2 Å². The number of aromatic nitrogens is 1. The summed E-state index contributed by atoms with van der Waals surface area (Å²) in [7, 11) is 0. The third-order valence-electron chi connectivity index (χ3n) is 4.14. The van der Waals surface area contributed by atoms with E-state index in [-0.39, 0.29) is 11.0 Å². The zero-order valence-corrected chi connectivity index (χ0v) is 14.5. The number of nitrogens with zero attached hydrogens (tertiary/aromatic N) is 1. The Balaban J connectivity index is 1.70. The van der Waals surface area contributed by atoms with Crippen LogP contribution in [0.15, 0.2) is 82.3 Å². The zero-order valence-electron chi connectivity index (χ0n) is 14.5.